The van der Waals surface area contributed by atoms with E-state index in [0.29, 0.717) is 5.56 Å². The van der Waals surface area contributed by atoms with Gasteiger partial charge in [-0.05, 0) is 37.5 Å². The van der Waals surface area contributed by atoms with Crippen molar-refractivity contribution in [2.75, 3.05) is 0 Å². The smallest absolute Gasteiger partial charge is 0.385 e. The topological polar surface area (TPSA) is 20.2 Å². The SMILES string of the molecule is CC1(C(C)(O)c2cccc(C(F)(F)F)c2)CC1. The van der Waals surface area contributed by atoms with E-state index in [9.17, 15) is 18.3 Å². The Labute approximate surface area is 98.3 Å². The van der Waals surface area contributed by atoms with E-state index in [4.69, 9.17) is 0 Å². The van der Waals surface area contributed by atoms with Gasteiger partial charge in [0, 0.05) is 5.41 Å². The number of hydrogen-bond acceptors (Lipinski definition) is 1. The normalized spacial score (nSPS) is 22.0. The van der Waals surface area contributed by atoms with Gasteiger partial charge in [0.15, 0.2) is 0 Å². The van der Waals surface area contributed by atoms with Crippen LogP contribution < -0.4 is 0 Å². The summed E-state index contributed by atoms with van der Waals surface area (Å²) in [5.74, 6) is 0. The molecule has 1 nitrogen and oxygen atoms in total. The Morgan fingerprint density at radius 2 is 1.71 bits per heavy atom. The van der Waals surface area contributed by atoms with Crippen molar-refractivity contribution in [2.24, 2.45) is 5.41 Å². The predicted octanol–water partition coefficient (Wildman–Crippen LogP) is 3.71. The Balaban J connectivity index is 2.40. The van der Waals surface area contributed by atoms with E-state index in [1.54, 1.807) is 13.0 Å². The third kappa shape index (κ3) is 2.06. The molecule has 1 N–H and O–H groups in total. The van der Waals surface area contributed by atoms with Gasteiger partial charge in [0.05, 0.1) is 11.2 Å². The van der Waals surface area contributed by atoms with Crippen molar-refractivity contribution in [3.8, 4) is 0 Å². The van der Waals surface area contributed by atoms with Crippen molar-refractivity contribution < 1.29 is 18.3 Å². The second kappa shape index (κ2) is 3.48. The fraction of sp³-hybridized carbons (Fsp3) is 0.538. The zero-order valence-electron chi connectivity index (χ0n) is 9.80. The van der Waals surface area contributed by atoms with Gasteiger partial charge in [-0.2, -0.15) is 13.2 Å². The predicted molar refractivity (Wildman–Crippen MR) is 58.4 cm³/mol. The Kier molecular flexibility index (Phi) is 2.54. The zero-order valence-corrected chi connectivity index (χ0v) is 9.80. The molecule has 0 aliphatic heterocycles. The molecule has 4 heteroatoms. The number of rotatable bonds is 2. The molecule has 0 amide bonds. The number of benzene rings is 1. The lowest BCUT2D eigenvalue weighted by atomic mass is 9.81. The van der Waals surface area contributed by atoms with E-state index in [1.807, 2.05) is 6.92 Å². The Bertz CT molecular complexity index is 431. The first-order valence-corrected chi connectivity index (χ1v) is 5.57. The molecule has 94 valence electrons. The van der Waals surface area contributed by atoms with Crippen LogP contribution >= 0.6 is 0 Å². The highest BCUT2D eigenvalue weighted by atomic mass is 19.4. The molecular formula is C13H15F3O. The highest BCUT2D eigenvalue weighted by Gasteiger charge is 2.53. The van der Waals surface area contributed by atoms with Crippen LogP contribution in [-0.2, 0) is 11.8 Å². The molecule has 1 aromatic rings. The summed E-state index contributed by atoms with van der Waals surface area (Å²) in [5, 5.41) is 10.4. The zero-order chi connectivity index (χ0) is 12.9. The first-order valence-electron chi connectivity index (χ1n) is 5.57. The Morgan fingerprint density at radius 3 is 2.18 bits per heavy atom. The highest BCUT2D eigenvalue weighted by Crippen LogP contribution is 2.57. The van der Waals surface area contributed by atoms with Gasteiger partial charge in [-0.15, -0.1) is 0 Å². The Morgan fingerprint density at radius 1 is 1.18 bits per heavy atom. The second-order valence-corrected chi connectivity index (χ2v) is 5.21. The minimum absolute atomic E-state index is 0.294. The summed E-state index contributed by atoms with van der Waals surface area (Å²) in [5.41, 5.74) is -1.86. The van der Waals surface area contributed by atoms with Gasteiger partial charge in [-0.1, -0.05) is 19.1 Å². The monoisotopic (exact) mass is 244 g/mol. The number of halogens is 3. The molecule has 1 saturated carbocycles. The van der Waals surface area contributed by atoms with Gasteiger partial charge in [0.1, 0.15) is 0 Å². The summed E-state index contributed by atoms with van der Waals surface area (Å²) in [6, 6.07) is 4.97. The molecule has 1 unspecified atom stereocenters. The molecule has 1 aliphatic carbocycles. The molecule has 0 radical (unpaired) electrons. The van der Waals surface area contributed by atoms with Gasteiger partial charge in [0.25, 0.3) is 0 Å². The van der Waals surface area contributed by atoms with Crippen LogP contribution in [0.4, 0.5) is 13.2 Å². The first-order chi connectivity index (χ1) is 7.67. The van der Waals surface area contributed by atoms with Crippen LogP contribution in [0.1, 0.15) is 37.8 Å². The van der Waals surface area contributed by atoms with Crippen LogP contribution in [-0.4, -0.2) is 5.11 Å². The van der Waals surface area contributed by atoms with Crippen molar-refractivity contribution in [1.29, 1.82) is 0 Å². The summed E-state index contributed by atoms with van der Waals surface area (Å²) in [4.78, 5) is 0. The van der Waals surface area contributed by atoms with E-state index < -0.39 is 17.3 Å². The van der Waals surface area contributed by atoms with E-state index >= 15 is 0 Å². The minimum atomic E-state index is -4.36. The summed E-state index contributed by atoms with van der Waals surface area (Å²) >= 11 is 0. The molecule has 1 atom stereocenters. The van der Waals surface area contributed by atoms with Crippen molar-refractivity contribution >= 4 is 0 Å². The van der Waals surface area contributed by atoms with Crippen LogP contribution in [0.3, 0.4) is 0 Å². The summed E-state index contributed by atoms with van der Waals surface area (Å²) in [6.45, 7) is 3.49. The van der Waals surface area contributed by atoms with Gasteiger partial charge < -0.3 is 5.11 Å². The van der Waals surface area contributed by atoms with Gasteiger partial charge in [0.2, 0.25) is 0 Å². The van der Waals surface area contributed by atoms with Crippen LogP contribution in [0.15, 0.2) is 24.3 Å². The average molecular weight is 244 g/mol. The summed E-state index contributed by atoms with van der Waals surface area (Å²) in [6.07, 6.45) is -2.68. The maximum Gasteiger partial charge on any atom is 0.416 e. The van der Waals surface area contributed by atoms with Crippen LogP contribution in [0.5, 0.6) is 0 Å². The standard InChI is InChI=1S/C13H15F3O/c1-11(6-7-11)12(2,17)9-4-3-5-10(8-9)13(14,15)16/h3-5,8,17H,6-7H2,1-2H3. The summed E-state index contributed by atoms with van der Waals surface area (Å²) < 4.78 is 37.8. The maximum absolute atomic E-state index is 12.6. The largest absolute Gasteiger partial charge is 0.416 e. The van der Waals surface area contributed by atoms with Crippen molar-refractivity contribution in [3.05, 3.63) is 35.4 Å². The van der Waals surface area contributed by atoms with Crippen molar-refractivity contribution in [2.45, 2.75) is 38.5 Å². The quantitative estimate of drug-likeness (QED) is 0.840. The number of alkyl halides is 3. The van der Waals surface area contributed by atoms with E-state index in [1.165, 1.54) is 6.07 Å². The van der Waals surface area contributed by atoms with Crippen LogP contribution in [0, 0.1) is 5.41 Å². The van der Waals surface area contributed by atoms with E-state index in [-0.39, 0.29) is 5.41 Å². The van der Waals surface area contributed by atoms with Crippen molar-refractivity contribution in [3.63, 3.8) is 0 Å². The molecule has 1 fully saturated rings. The molecule has 17 heavy (non-hydrogen) atoms. The lowest BCUT2D eigenvalue weighted by molar-refractivity contribution is -0.137. The van der Waals surface area contributed by atoms with Gasteiger partial charge in [-0.25, -0.2) is 0 Å². The van der Waals surface area contributed by atoms with E-state index in [2.05, 4.69) is 0 Å². The third-order valence-electron chi connectivity index (χ3n) is 3.93. The molecule has 2 rings (SSSR count). The number of hydrogen-bond donors (Lipinski definition) is 1. The van der Waals surface area contributed by atoms with Crippen LogP contribution in [0.2, 0.25) is 0 Å². The summed E-state index contributed by atoms with van der Waals surface area (Å²) in [7, 11) is 0. The molecular weight excluding hydrogens is 229 g/mol. The Hall–Kier alpha value is -1.03. The lowest BCUT2D eigenvalue weighted by Gasteiger charge is -2.31. The average Bonchev–Trinajstić information content (AvgIpc) is 2.97. The maximum atomic E-state index is 12.6. The van der Waals surface area contributed by atoms with Gasteiger partial charge >= 0.3 is 6.18 Å². The fourth-order valence-corrected chi connectivity index (χ4v) is 2.02. The molecule has 0 saturated heterocycles. The fourth-order valence-electron chi connectivity index (χ4n) is 2.02. The second-order valence-electron chi connectivity index (χ2n) is 5.21. The number of aliphatic hydroxyl groups is 1. The minimum Gasteiger partial charge on any atom is -0.385 e. The molecule has 0 heterocycles. The molecule has 0 bridgehead atoms. The van der Waals surface area contributed by atoms with Crippen molar-refractivity contribution in [1.82, 2.24) is 0 Å². The molecule has 0 spiro atoms. The van der Waals surface area contributed by atoms with Gasteiger partial charge in [-0.3, -0.25) is 0 Å². The van der Waals surface area contributed by atoms with E-state index in [0.717, 1.165) is 25.0 Å². The molecule has 1 aliphatic rings. The molecule has 1 aromatic carbocycles. The lowest BCUT2D eigenvalue weighted by Crippen LogP contribution is -2.31. The van der Waals surface area contributed by atoms with Crippen LogP contribution in [0.25, 0.3) is 0 Å². The highest BCUT2D eigenvalue weighted by molar-refractivity contribution is 5.32. The molecule has 0 aromatic heterocycles. The first kappa shape index (κ1) is 12.4. The third-order valence-corrected chi connectivity index (χ3v) is 3.93.